The van der Waals surface area contributed by atoms with Gasteiger partial charge < -0.3 is 9.84 Å². The molecule has 0 saturated heterocycles. The van der Waals surface area contributed by atoms with Gasteiger partial charge in [0.2, 0.25) is 5.78 Å². The Morgan fingerprint density at radius 3 is 2.65 bits per heavy atom. The largest absolute Gasteiger partial charge is 0.454 e. The van der Waals surface area contributed by atoms with Crippen LogP contribution in [0.3, 0.4) is 0 Å². The van der Waals surface area contributed by atoms with Crippen molar-refractivity contribution in [1.29, 1.82) is 0 Å². The number of ketones is 2. The highest BCUT2D eigenvalue weighted by Gasteiger charge is 2.67. The quantitative estimate of drug-likeness (QED) is 0.524. The van der Waals surface area contributed by atoms with Gasteiger partial charge in [0.25, 0.3) is 0 Å². The molecule has 1 aromatic rings. The van der Waals surface area contributed by atoms with E-state index in [4.69, 9.17) is 4.74 Å². The molecule has 0 aromatic heterocycles. The number of esters is 1. The van der Waals surface area contributed by atoms with E-state index in [9.17, 15) is 19.5 Å². The molecule has 1 N–H and O–H groups in total. The Labute approximate surface area is 200 Å². The Balaban J connectivity index is 1.41. The summed E-state index contributed by atoms with van der Waals surface area (Å²) in [5, 5.41) is 11.9. The molecule has 5 nitrogen and oxygen atoms in total. The Morgan fingerprint density at radius 2 is 1.91 bits per heavy atom. The van der Waals surface area contributed by atoms with Gasteiger partial charge in [-0.3, -0.25) is 9.59 Å². The number of Topliss-reactive ketones (excluding diaryl/α,β-unsaturated/α-hetero) is 1. The molecule has 1 unspecified atom stereocenters. The number of benzene rings is 1. The van der Waals surface area contributed by atoms with Crippen LogP contribution < -0.4 is 0 Å². The van der Waals surface area contributed by atoms with E-state index in [1.807, 2.05) is 26.0 Å². The summed E-state index contributed by atoms with van der Waals surface area (Å²) >= 11 is 0. The average molecular weight is 461 g/mol. The van der Waals surface area contributed by atoms with E-state index in [0.717, 1.165) is 24.8 Å². The molecule has 2 saturated carbocycles. The molecule has 0 heterocycles. The maximum atomic E-state index is 13.5. The number of fused-ring (bicyclic) bond motifs is 5. The van der Waals surface area contributed by atoms with E-state index in [1.165, 1.54) is 5.57 Å². The maximum absolute atomic E-state index is 13.5. The van der Waals surface area contributed by atoms with Crippen LogP contribution in [0.1, 0.15) is 56.8 Å². The van der Waals surface area contributed by atoms with E-state index < -0.39 is 29.4 Å². The highest BCUT2D eigenvalue weighted by atomic mass is 16.5. The number of rotatable bonds is 4. The molecule has 5 rings (SSSR count). The lowest BCUT2D eigenvalue weighted by atomic mass is 9.51. The molecule has 0 bridgehead atoms. The van der Waals surface area contributed by atoms with E-state index in [1.54, 1.807) is 36.4 Å². The highest BCUT2D eigenvalue weighted by molar-refractivity contribution is 6.01. The number of hydrogen-bond acceptors (Lipinski definition) is 5. The van der Waals surface area contributed by atoms with Crippen LogP contribution in [0.15, 0.2) is 65.8 Å². The van der Waals surface area contributed by atoms with E-state index in [2.05, 4.69) is 13.0 Å². The van der Waals surface area contributed by atoms with Crippen molar-refractivity contribution in [1.82, 2.24) is 0 Å². The van der Waals surface area contributed by atoms with Gasteiger partial charge in [0.15, 0.2) is 12.4 Å². The molecule has 0 aliphatic heterocycles. The molecule has 4 aliphatic rings. The number of hydrogen-bond donors (Lipinski definition) is 1. The summed E-state index contributed by atoms with van der Waals surface area (Å²) in [7, 11) is 0. The van der Waals surface area contributed by atoms with Gasteiger partial charge >= 0.3 is 5.97 Å². The normalized spacial score (nSPS) is 38.2. The topological polar surface area (TPSA) is 80.7 Å². The summed E-state index contributed by atoms with van der Waals surface area (Å²) in [5.74, 6) is -0.788. The van der Waals surface area contributed by atoms with E-state index in [-0.39, 0.29) is 29.0 Å². The second kappa shape index (κ2) is 7.88. The molecule has 4 aliphatic carbocycles. The van der Waals surface area contributed by atoms with Crippen LogP contribution in [0.2, 0.25) is 0 Å². The first kappa shape index (κ1) is 23.0. The number of carbonyl (C=O) groups is 3. The average Bonchev–Trinajstić information content (AvgIpc) is 3.05. The molecule has 1 aromatic carbocycles. The smallest absolute Gasteiger partial charge is 0.338 e. The summed E-state index contributed by atoms with van der Waals surface area (Å²) in [6.07, 6.45) is 10.8. The first-order chi connectivity index (χ1) is 16.1. The first-order valence-electron chi connectivity index (χ1n) is 12.2. The van der Waals surface area contributed by atoms with Crippen molar-refractivity contribution in [2.24, 2.45) is 28.6 Å². The Hall–Kier alpha value is -2.79. The Kier molecular flexibility index (Phi) is 5.32. The summed E-state index contributed by atoms with van der Waals surface area (Å²) in [4.78, 5) is 37.8. The van der Waals surface area contributed by atoms with E-state index >= 15 is 0 Å². The highest BCUT2D eigenvalue weighted by Crippen LogP contribution is 2.66. The third-order valence-electron chi connectivity index (χ3n) is 9.30. The molecular formula is C29H32O5. The molecule has 0 amide bonds. The summed E-state index contributed by atoms with van der Waals surface area (Å²) in [5.41, 5.74) is 0.396. The Morgan fingerprint density at radius 1 is 1.18 bits per heavy atom. The molecule has 34 heavy (non-hydrogen) atoms. The zero-order valence-electron chi connectivity index (χ0n) is 20.0. The van der Waals surface area contributed by atoms with Crippen LogP contribution in [0.25, 0.3) is 0 Å². The third-order valence-corrected chi connectivity index (χ3v) is 9.30. The van der Waals surface area contributed by atoms with Gasteiger partial charge in [-0.1, -0.05) is 55.3 Å². The zero-order chi connectivity index (χ0) is 24.3. The minimum atomic E-state index is -1.56. The molecule has 6 atom stereocenters. The minimum absolute atomic E-state index is 0.0479. The van der Waals surface area contributed by atoms with Crippen LogP contribution in [0.5, 0.6) is 0 Å². The van der Waals surface area contributed by atoms with Crippen LogP contribution in [-0.2, 0) is 14.3 Å². The third kappa shape index (κ3) is 3.13. The lowest BCUT2D eigenvalue weighted by molar-refractivity contribution is -0.161. The molecule has 5 heteroatoms. The van der Waals surface area contributed by atoms with Crippen LogP contribution in [0.4, 0.5) is 0 Å². The monoisotopic (exact) mass is 460 g/mol. The van der Waals surface area contributed by atoms with Gasteiger partial charge in [-0.2, -0.15) is 0 Å². The van der Waals surface area contributed by atoms with Gasteiger partial charge in [0, 0.05) is 10.8 Å². The lowest BCUT2D eigenvalue weighted by Gasteiger charge is -2.53. The first-order valence-corrected chi connectivity index (χ1v) is 12.2. The molecule has 178 valence electrons. The summed E-state index contributed by atoms with van der Waals surface area (Å²) < 4.78 is 5.33. The number of aliphatic hydroxyl groups is 1. The van der Waals surface area contributed by atoms with Crippen molar-refractivity contribution in [3.05, 3.63) is 71.3 Å². The van der Waals surface area contributed by atoms with Crippen molar-refractivity contribution >= 4 is 17.5 Å². The van der Waals surface area contributed by atoms with Gasteiger partial charge in [-0.25, -0.2) is 4.79 Å². The van der Waals surface area contributed by atoms with E-state index in [0.29, 0.717) is 12.0 Å². The second-order valence-corrected chi connectivity index (χ2v) is 10.9. The molecule has 0 spiro atoms. The zero-order valence-corrected chi connectivity index (χ0v) is 20.0. The fourth-order valence-electron chi connectivity index (χ4n) is 7.36. The standard InChI is InChI=1S/C29H32O5/c1-18-15-24-22-10-9-20-16-21(30)11-13-27(20,2)23(22)12-14-28(24,3)29(18,33)25(31)17-34-26(32)19-7-5-4-6-8-19/h4-8,11-13,16,18,22,24,33H,9-10,14-15,17H2,1-3H3/t18?,22-,24+,27+,28+,29+/m1/s1. The number of ether oxygens (including phenoxy) is 1. The van der Waals surface area contributed by atoms with Gasteiger partial charge in [-0.15, -0.1) is 0 Å². The Bertz CT molecular complexity index is 1140. The number of carbonyl (C=O) groups excluding carboxylic acids is 3. The number of allylic oxidation sites excluding steroid dienone is 6. The fourth-order valence-corrected chi connectivity index (χ4v) is 7.36. The SMILES string of the molecule is CC1C[C@H]2[C@@H]3CCC4=CC(=O)C=C[C@]4(C)C3=CC[C@]2(C)[C@@]1(O)C(=O)COC(=O)c1ccccc1. The van der Waals surface area contributed by atoms with Crippen molar-refractivity contribution in [3.8, 4) is 0 Å². The predicted molar refractivity (Wildman–Crippen MR) is 128 cm³/mol. The minimum Gasteiger partial charge on any atom is -0.454 e. The molecule has 0 radical (unpaired) electrons. The van der Waals surface area contributed by atoms with Crippen molar-refractivity contribution < 1.29 is 24.2 Å². The maximum Gasteiger partial charge on any atom is 0.338 e. The predicted octanol–water partition coefficient (Wildman–Crippen LogP) is 4.62. The van der Waals surface area contributed by atoms with Crippen LogP contribution in [0, 0.1) is 28.6 Å². The fraction of sp³-hybridized carbons (Fsp3) is 0.483. The summed E-state index contributed by atoms with van der Waals surface area (Å²) in [6.45, 7) is 5.71. The molecule has 2 fully saturated rings. The van der Waals surface area contributed by atoms with Crippen LogP contribution >= 0.6 is 0 Å². The van der Waals surface area contributed by atoms with Gasteiger partial charge in [0.1, 0.15) is 5.60 Å². The van der Waals surface area contributed by atoms with Gasteiger partial charge in [-0.05, 0) is 74.6 Å². The molecular weight excluding hydrogens is 428 g/mol. The lowest BCUT2D eigenvalue weighted by Crippen LogP contribution is -2.57. The van der Waals surface area contributed by atoms with Crippen molar-refractivity contribution in [2.75, 3.05) is 6.61 Å². The second-order valence-electron chi connectivity index (χ2n) is 10.9. The van der Waals surface area contributed by atoms with Gasteiger partial charge in [0.05, 0.1) is 5.56 Å². The van der Waals surface area contributed by atoms with Crippen molar-refractivity contribution in [3.63, 3.8) is 0 Å². The van der Waals surface area contributed by atoms with Crippen LogP contribution in [-0.4, -0.2) is 34.9 Å². The van der Waals surface area contributed by atoms with Crippen molar-refractivity contribution in [2.45, 2.75) is 52.1 Å². The summed E-state index contributed by atoms with van der Waals surface area (Å²) in [6, 6.07) is 8.58.